The normalized spacial score (nSPS) is 10.9. The number of nitrogens with zero attached hydrogens (tertiary/aromatic N) is 1. The van der Waals surface area contributed by atoms with Crippen molar-refractivity contribution < 1.29 is 4.74 Å². The van der Waals surface area contributed by atoms with Gasteiger partial charge < -0.3 is 10.1 Å². The average molecular weight is 349 g/mol. The van der Waals surface area contributed by atoms with Gasteiger partial charge in [0.25, 0.3) is 0 Å². The molecule has 2 aromatic rings. The second kappa shape index (κ2) is 7.57. The van der Waals surface area contributed by atoms with E-state index in [0.29, 0.717) is 11.8 Å². The van der Waals surface area contributed by atoms with Crippen LogP contribution in [-0.2, 0) is 6.54 Å². The van der Waals surface area contributed by atoms with E-state index >= 15 is 0 Å². The van der Waals surface area contributed by atoms with Gasteiger partial charge in [-0.05, 0) is 48.7 Å². The molecule has 112 valence electrons. The van der Waals surface area contributed by atoms with Crippen LogP contribution in [0.15, 0.2) is 41.0 Å². The molecule has 3 nitrogen and oxygen atoms in total. The summed E-state index contributed by atoms with van der Waals surface area (Å²) in [4.78, 5) is 4.36. The van der Waals surface area contributed by atoms with Gasteiger partial charge in [0.1, 0.15) is 5.75 Å². The highest BCUT2D eigenvalue weighted by Crippen LogP contribution is 2.26. The van der Waals surface area contributed by atoms with Crippen molar-refractivity contribution >= 4 is 15.9 Å². The van der Waals surface area contributed by atoms with Crippen molar-refractivity contribution in [2.75, 3.05) is 6.54 Å². The Hall–Kier alpha value is -1.39. The number of rotatable bonds is 6. The molecule has 0 atom stereocenters. The predicted molar refractivity (Wildman–Crippen MR) is 89.7 cm³/mol. The number of hydrogen-bond donors (Lipinski definition) is 1. The molecule has 0 fully saturated rings. The zero-order valence-electron chi connectivity index (χ0n) is 12.7. The van der Waals surface area contributed by atoms with Crippen LogP contribution < -0.4 is 10.1 Å². The third-order valence-corrected chi connectivity index (χ3v) is 3.52. The highest BCUT2D eigenvalue weighted by atomic mass is 79.9. The van der Waals surface area contributed by atoms with Crippen LogP contribution in [0.5, 0.6) is 11.6 Å². The maximum atomic E-state index is 5.81. The molecule has 1 heterocycles. The van der Waals surface area contributed by atoms with Gasteiger partial charge in [0, 0.05) is 23.3 Å². The lowest BCUT2D eigenvalue weighted by Gasteiger charge is -2.10. The first-order valence-electron chi connectivity index (χ1n) is 7.14. The first kappa shape index (κ1) is 16.0. The van der Waals surface area contributed by atoms with Crippen LogP contribution in [0.3, 0.4) is 0 Å². The largest absolute Gasteiger partial charge is 0.439 e. The molecule has 0 radical (unpaired) electrons. The molecule has 0 aliphatic rings. The predicted octanol–water partition coefficient (Wildman–Crippen LogP) is 4.69. The van der Waals surface area contributed by atoms with Crippen LogP contribution in [-0.4, -0.2) is 11.5 Å². The van der Waals surface area contributed by atoms with Gasteiger partial charge in [-0.25, -0.2) is 4.98 Å². The Kier molecular flexibility index (Phi) is 5.76. The smallest absolute Gasteiger partial charge is 0.219 e. The third-order valence-electron chi connectivity index (χ3n) is 3.03. The summed E-state index contributed by atoms with van der Waals surface area (Å²) in [5.41, 5.74) is 2.24. The Morgan fingerprint density at radius 1 is 1.24 bits per heavy atom. The standard InChI is InChI=1S/C17H21BrN2O/c1-12(2)9-19-10-14-4-7-17(20-11-14)21-16-6-5-15(18)8-13(16)3/h4-8,11-12,19H,9-10H2,1-3H3. The van der Waals surface area contributed by atoms with Crippen LogP contribution in [0, 0.1) is 12.8 Å². The van der Waals surface area contributed by atoms with E-state index in [0.717, 1.165) is 34.4 Å². The lowest BCUT2D eigenvalue weighted by atomic mass is 10.2. The number of aromatic nitrogens is 1. The Bertz CT molecular complexity index is 582. The lowest BCUT2D eigenvalue weighted by Crippen LogP contribution is -2.18. The fourth-order valence-electron chi connectivity index (χ4n) is 1.92. The van der Waals surface area contributed by atoms with Crippen molar-refractivity contribution in [1.29, 1.82) is 0 Å². The van der Waals surface area contributed by atoms with Crippen molar-refractivity contribution in [2.45, 2.75) is 27.3 Å². The van der Waals surface area contributed by atoms with E-state index in [1.165, 1.54) is 0 Å². The molecule has 2 rings (SSSR count). The topological polar surface area (TPSA) is 34.1 Å². The van der Waals surface area contributed by atoms with Crippen LogP contribution >= 0.6 is 15.9 Å². The zero-order valence-corrected chi connectivity index (χ0v) is 14.3. The second-order valence-electron chi connectivity index (χ2n) is 5.54. The summed E-state index contributed by atoms with van der Waals surface area (Å²) in [6, 6.07) is 9.89. The Balaban J connectivity index is 1.95. The molecule has 0 aliphatic heterocycles. The van der Waals surface area contributed by atoms with E-state index < -0.39 is 0 Å². The molecule has 21 heavy (non-hydrogen) atoms. The molecular weight excluding hydrogens is 328 g/mol. The van der Waals surface area contributed by atoms with Gasteiger partial charge in [-0.3, -0.25) is 0 Å². The quantitative estimate of drug-likeness (QED) is 0.822. The van der Waals surface area contributed by atoms with E-state index in [2.05, 4.69) is 40.1 Å². The molecule has 0 spiro atoms. The van der Waals surface area contributed by atoms with Crippen LogP contribution in [0.1, 0.15) is 25.0 Å². The Labute approximate surface area is 134 Å². The van der Waals surface area contributed by atoms with Crippen LogP contribution in [0.25, 0.3) is 0 Å². The fraction of sp³-hybridized carbons (Fsp3) is 0.353. The first-order chi connectivity index (χ1) is 10.0. The molecule has 0 bridgehead atoms. The van der Waals surface area contributed by atoms with E-state index in [1.54, 1.807) is 0 Å². The van der Waals surface area contributed by atoms with Crippen molar-refractivity contribution in [3.05, 3.63) is 52.1 Å². The lowest BCUT2D eigenvalue weighted by molar-refractivity contribution is 0.458. The van der Waals surface area contributed by atoms with Crippen molar-refractivity contribution in [3.63, 3.8) is 0 Å². The number of halogens is 1. The van der Waals surface area contributed by atoms with Gasteiger partial charge in [0.05, 0.1) is 0 Å². The number of benzene rings is 1. The van der Waals surface area contributed by atoms with Crippen molar-refractivity contribution in [2.24, 2.45) is 5.92 Å². The summed E-state index contributed by atoms with van der Waals surface area (Å²) in [6.07, 6.45) is 1.86. The summed E-state index contributed by atoms with van der Waals surface area (Å²) in [5, 5.41) is 3.40. The summed E-state index contributed by atoms with van der Waals surface area (Å²) in [5.74, 6) is 2.10. The summed E-state index contributed by atoms with van der Waals surface area (Å²) < 4.78 is 6.86. The fourth-order valence-corrected chi connectivity index (χ4v) is 2.40. The first-order valence-corrected chi connectivity index (χ1v) is 7.93. The second-order valence-corrected chi connectivity index (χ2v) is 6.46. The molecule has 1 N–H and O–H groups in total. The monoisotopic (exact) mass is 348 g/mol. The minimum absolute atomic E-state index is 0.619. The SMILES string of the molecule is Cc1cc(Br)ccc1Oc1ccc(CNCC(C)C)cn1. The van der Waals surface area contributed by atoms with Gasteiger partial charge in [-0.1, -0.05) is 35.8 Å². The molecule has 0 saturated heterocycles. The zero-order chi connectivity index (χ0) is 15.2. The third kappa shape index (κ3) is 5.14. The molecule has 0 aliphatic carbocycles. The van der Waals surface area contributed by atoms with Gasteiger partial charge >= 0.3 is 0 Å². The molecule has 0 unspecified atom stereocenters. The molecule has 1 aromatic carbocycles. The highest BCUT2D eigenvalue weighted by molar-refractivity contribution is 9.10. The molecule has 0 amide bonds. The maximum Gasteiger partial charge on any atom is 0.219 e. The van der Waals surface area contributed by atoms with E-state index in [4.69, 9.17) is 4.74 Å². The Morgan fingerprint density at radius 3 is 2.67 bits per heavy atom. The number of hydrogen-bond acceptors (Lipinski definition) is 3. The molecular formula is C17H21BrN2O. The summed E-state index contributed by atoms with van der Waals surface area (Å²) in [7, 11) is 0. The average Bonchev–Trinajstić information content (AvgIpc) is 2.43. The van der Waals surface area contributed by atoms with Crippen LogP contribution in [0.2, 0.25) is 0 Å². The number of pyridine rings is 1. The minimum Gasteiger partial charge on any atom is -0.439 e. The van der Waals surface area contributed by atoms with Gasteiger partial charge in [-0.2, -0.15) is 0 Å². The summed E-state index contributed by atoms with van der Waals surface area (Å²) in [6.45, 7) is 8.26. The van der Waals surface area contributed by atoms with Crippen molar-refractivity contribution in [3.8, 4) is 11.6 Å². The minimum atomic E-state index is 0.619. The van der Waals surface area contributed by atoms with Crippen molar-refractivity contribution in [1.82, 2.24) is 10.3 Å². The van der Waals surface area contributed by atoms with E-state index in [9.17, 15) is 0 Å². The van der Waals surface area contributed by atoms with E-state index in [1.807, 2.05) is 43.5 Å². The number of aryl methyl sites for hydroxylation is 1. The highest BCUT2D eigenvalue weighted by Gasteiger charge is 2.03. The summed E-state index contributed by atoms with van der Waals surface area (Å²) >= 11 is 3.45. The maximum absolute atomic E-state index is 5.81. The van der Waals surface area contributed by atoms with Crippen LogP contribution in [0.4, 0.5) is 0 Å². The molecule has 0 saturated carbocycles. The van der Waals surface area contributed by atoms with E-state index in [-0.39, 0.29) is 0 Å². The number of ether oxygens (including phenoxy) is 1. The van der Waals surface area contributed by atoms with Gasteiger partial charge in [0.2, 0.25) is 5.88 Å². The van der Waals surface area contributed by atoms with Gasteiger partial charge in [-0.15, -0.1) is 0 Å². The molecule has 4 heteroatoms. The number of nitrogens with one attached hydrogen (secondary N) is 1. The van der Waals surface area contributed by atoms with Gasteiger partial charge in [0.15, 0.2) is 0 Å². The Morgan fingerprint density at radius 2 is 2.05 bits per heavy atom. The molecule has 1 aromatic heterocycles.